The van der Waals surface area contributed by atoms with Crippen LogP contribution in [0.5, 0.6) is 0 Å². The standard InChI is InChI=1S/C25H26F4N6O/c1-14(16-4-3-5-17(21(16)26)22(27)28)31-23-18-12-20(30-13-19(18)32-15(2)33-23)34-8-10-35(11-9-34)24(36)25(29)6-7-25/h3-5,12-14,22H,6-11H2,1-2H3,(H,31,32,33)/t14-/m1/s1. The predicted molar refractivity (Wildman–Crippen MR) is 127 cm³/mol. The third-order valence-corrected chi connectivity index (χ3v) is 6.76. The Morgan fingerprint density at radius 3 is 2.47 bits per heavy atom. The van der Waals surface area contributed by atoms with Crippen LogP contribution in [0.25, 0.3) is 10.9 Å². The third kappa shape index (κ3) is 4.54. The van der Waals surface area contributed by atoms with Crippen LogP contribution in [0.4, 0.5) is 29.2 Å². The minimum absolute atomic E-state index is 0.105. The second-order valence-corrected chi connectivity index (χ2v) is 9.34. The average molecular weight is 503 g/mol. The number of benzene rings is 1. The van der Waals surface area contributed by atoms with Gasteiger partial charge in [-0.05, 0) is 32.8 Å². The second kappa shape index (κ2) is 9.18. The van der Waals surface area contributed by atoms with Gasteiger partial charge >= 0.3 is 0 Å². The number of fused-ring (bicyclic) bond motifs is 1. The Balaban J connectivity index is 1.39. The molecule has 1 aromatic carbocycles. The molecule has 11 heteroatoms. The monoisotopic (exact) mass is 502 g/mol. The van der Waals surface area contributed by atoms with Crippen molar-refractivity contribution in [3.63, 3.8) is 0 Å². The SMILES string of the molecule is Cc1nc(N[C@H](C)c2cccc(C(F)F)c2F)c2cc(N3CCN(C(=O)C4(F)CC4)CC3)ncc2n1. The molecule has 1 amide bonds. The van der Waals surface area contributed by atoms with E-state index in [0.717, 1.165) is 6.07 Å². The minimum atomic E-state index is -2.91. The van der Waals surface area contributed by atoms with Crippen molar-refractivity contribution in [1.29, 1.82) is 0 Å². The topological polar surface area (TPSA) is 74.2 Å². The molecule has 0 spiro atoms. The highest BCUT2D eigenvalue weighted by atomic mass is 19.3. The van der Waals surface area contributed by atoms with Crippen molar-refractivity contribution in [2.75, 3.05) is 36.4 Å². The quantitative estimate of drug-likeness (QED) is 0.491. The van der Waals surface area contributed by atoms with Gasteiger partial charge in [-0.25, -0.2) is 32.5 Å². The lowest BCUT2D eigenvalue weighted by Crippen LogP contribution is -2.51. The first kappa shape index (κ1) is 24.2. The van der Waals surface area contributed by atoms with Crippen molar-refractivity contribution >= 4 is 28.4 Å². The third-order valence-electron chi connectivity index (χ3n) is 6.76. The first-order valence-corrected chi connectivity index (χ1v) is 11.9. The summed E-state index contributed by atoms with van der Waals surface area (Å²) in [6, 6.07) is 5.10. The summed E-state index contributed by atoms with van der Waals surface area (Å²) in [6.07, 6.45) is -0.709. The van der Waals surface area contributed by atoms with E-state index in [4.69, 9.17) is 0 Å². The number of halogens is 4. The number of rotatable bonds is 6. The highest BCUT2D eigenvalue weighted by Crippen LogP contribution is 2.41. The number of pyridine rings is 1. The molecule has 3 heterocycles. The van der Waals surface area contributed by atoms with Gasteiger partial charge in [0.15, 0.2) is 5.67 Å². The van der Waals surface area contributed by atoms with Crippen molar-refractivity contribution in [2.45, 2.75) is 44.8 Å². The molecule has 2 aliphatic rings. The molecule has 0 radical (unpaired) electrons. The van der Waals surface area contributed by atoms with Crippen molar-refractivity contribution in [2.24, 2.45) is 0 Å². The Kier molecular flexibility index (Phi) is 6.17. The molecule has 1 aliphatic carbocycles. The average Bonchev–Trinajstić information content (AvgIpc) is 3.61. The zero-order valence-corrected chi connectivity index (χ0v) is 19.9. The van der Waals surface area contributed by atoms with Crippen molar-refractivity contribution in [3.05, 3.63) is 53.2 Å². The van der Waals surface area contributed by atoms with Crippen LogP contribution in [0.3, 0.4) is 0 Å². The molecule has 2 aromatic heterocycles. The predicted octanol–water partition coefficient (Wildman–Crippen LogP) is 4.73. The molecule has 190 valence electrons. The van der Waals surface area contributed by atoms with E-state index in [2.05, 4.69) is 20.3 Å². The van der Waals surface area contributed by atoms with Gasteiger partial charge in [-0.3, -0.25) is 4.79 Å². The van der Waals surface area contributed by atoms with Gasteiger partial charge in [-0.2, -0.15) is 0 Å². The molecule has 1 saturated heterocycles. The van der Waals surface area contributed by atoms with Gasteiger partial charge in [-0.15, -0.1) is 0 Å². The van der Waals surface area contributed by atoms with Gasteiger partial charge in [0.2, 0.25) is 0 Å². The molecule has 0 unspecified atom stereocenters. The number of piperazine rings is 1. The van der Waals surface area contributed by atoms with Gasteiger partial charge in [-0.1, -0.05) is 18.2 Å². The number of amides is 1. The van der Waals surface area contributed by atoms with Crippen LogP contribution in [0, 0.1) is 12.7 Å². The largest absolute Gasteiger partial charge is 0.363 e. The Labute approximate surface area is 205 Å². The number of hydrogen-bond donors (Lipinski definition) is 1. The van der Waals surface area contributed by atoms with Crippen LogP contribution in [-0.4, -0.2) is 57.6 Å². The Morgan fingerprint density at radius 1 is 1.11 bits per heavy atom. The van der Waals surface area contributed by atoms with E-state index in [1.807, 2.05) is 11.0 Å². The maximum absolute atomic E-state index is 14.7. The van der Waals surface area contributed by atoms with Crippen LogP contribution < -0.4 is 10.2 Å². The summed E-state index contributed by atoms with van der Waals surface area (Å²) in [4.78, 5) is 29.3. The first-order valence-electron chi connectivity index (χ1n) is 11.9. The lowest BCUT2D eigenvalue weighted by atomic mass is 10.0. The lowest BCUT2D eigenvalue weighted by Gasteiger charge is -2.36. The summed E-state index contributed by atoms with van der Waals surface area (Å²) < 4.78 is 55.2. The van der Waals surface area contributed by atoms with E-state index in [9.17, 15) is 22.4 Å². The first-order chi connectivity index (χ1) is 17.2. The molecular weight excluding hydrogens is 476 g/mol. The number of nitrogens with zero attached hydrogens (tertiary/aromatic N) is 5. The van der Waals surface area contributed by atoms with E-state index in [-0.39, 0.29) is 5.56 Å². The molecule has 7 nitrogen and oxygen atoms in total. The van der Waals surface area contributed by atoms with Crippen LogP contribution in [0.15, 0.2) is 30.5 Å². The molecule has 5 rings (SSSR count). The van der Waals surface area contributed by atoms with Crippen molar-refractivity contribution < 1.29 is 22.4 Å². The summed E-state index contributed by atoms with van der Waals surface area (Å²) >= 11 is 0. The zero-order valence-electron chi connectivity index (χ0n) is 19.9. The summed E-state index contributed by atoms with van der Waals surface area (Å²) in [5.41, 5.74) is -1.64. The van der Waals surface area contributed by atoms with E-state index in [1.165, 1.54) is 12.1 Å². The van der Waals surface area contributed by atoms with E-state index in [0.29, 0.717) is 67.4 Å². The summed E-state index contributed by atoms with van der Waals surface area (Å²) in [5.74, 6) is 0.170. The molecule has 1 saturated carbocycles. The van der Waals surface area contributed by atoms with Crippen molar-refractivity contribution in [1.82, 2.24) is 19.9 Å². The number of nitrogens with one attached hydrogen (secondary N) is 1. The number of aryl methyl sites for hydroxylation is 1. The number of alkyl halides is 3. The molecule has 1 N–H and O–H groups in total. The maximum Gasteiger partial charge on any atom is 0.266 e. The van der Waals surface area contributed by atoms with Gasteiger partial charge in [0.1, 0.15) is 23.3 Å². The molecular formula is C25H26F4N6O. The smallest absolute Gasteiger partial charge is 0.266 e. The lowest BCUT2D eigenvalue weighted by molar-refractivity contribution is -0.138. The zero-order chi connectivity index (χ0) is 25.6. The van der Waals surface area contributed by atoms with Gasteiger partial charge < -0.3 is 15.1 Å². The summed E-state index contributed by atoms with van der Waals surface area (Å²) in [6.45, 7) is 5.18. The van der Waals surface area contributed by atoms with Crippen molar-refractivity contribution in [3.8, 4) is 0 Å². The number of carbonyl (C=O) groups is 1. The fraction of sp³-hybridized carbons (Fsp3) is 0.440. The van der Waals surface area contributed by atoms with Crippen LogP contribution in [0.2, 0.25) is 0 Å². The highest BCUT2D eigenvalue weighted by molar-refractivity contribution is 5.91. The van der Waals surface area contributed by atoms with Gasteiger partial charge in [0.05, 0.1) is 23.3 Å². The fourth-order valence-corrected chi connectivity index (χ4v) is 4.52. The van der Waals surface area contributed by atoms with E-state index < -0.39 is 35.4 Å². The summed E-state index contributed by atoms with van der Waals surface area (Å²) in [5, 5.41) is 3.79. The van der Waals surface area contributed by atoms with Gasteiger partial charge in [0, 0.05) is 37.1 Å². The van der Waals surface area contributed by atoms with E-state index >= 15 is 0 Å². The Bertz CT molecular complexity index is 1310. The molecule has 2 fully saturated rings. The van der Waals surface area contributed by atoms with E-state index in [1.54, 1.807) is 24.9 Å². The number of anilines is 2. The Morgan fingerprint density at radius 2 is 1.81 bits per heavy atom. The number of hydrogen-bond acceptors (Lipinski definition) is 6. The Hall–Kier alpha value is -3.50. The molecule has 3 aromatic rings. The number of aromatic nitrogens is 3. The van der Waals surface area contributed by atoms with Gasteiger partial charge in [0.25, 0.3) is 12.3 Å². The summed E-state index contributed by atoms with van der Waals surface area (Å²) in [7, 11) is 0. The molecule has 36 heavy (non-hydrogen) atoms. The van der Waals surface area contributed by atoms with Crippen LogP contribution >= 0.6 is 0 Å². The molecule has 1 atom stereocenters. The fourth-order valence-electron chi connectivity index (χ4n) is 4.52. The normalized spacial score (nSPS) is 18.0. The molecule has 1 aliphatic heterocycles. The van der Waals surface area contributed by atoms with Crippen LogP contribution in [0.1, 0.15) is 49.2 Å². The minimum Gasteiger partial charge on any atom is -0.363 e. The number of carbonyl (C=O) groups excluding carboxylic acids is 1. The highest BCUT2D eigenvalue weighted by Gasteiger charge is 2.53. The molecule has 0 bridgehead atoms. The maximum atomic E-state index is 14.7. The second-order valence-electron chi connectivity index (χ2n) is 9.34. The van der Waals surface area contributed by atoms with Crippen LogP contribution in [-0.2, 0) is 4.79 Å².